The van der Waals surface area contributed by atoms with Crippen molar-refractivity contribution in [2.24, 2.45) is 5.73 Å². The zero-order chi connectivity index (χ0) is 11.4. The summed E-state index contributed by atoms with van der Waals surface area (Å²) in [6.45, 7) is 0. The van der Waals surface area contributed by atoms with Gasteiger partial charge in [-0.05, 0) is 11.6 Å². The fourth-order valence-electron chi connectivity index (χ4n) is 1.18. The molecule has 0 aliphatic heterocycles. The van der Waals surface area contributed by atoms with Crippen molar-refractivity contribution in [1.82, 2.24) is 0 Å². The van der Waals surface area contributed by atoms with Crippen LogP contribution < -0.4 is 5.73 Å². The Labute approximate surface area is 85.8 Å². The number of carbonyl (C=O) groups is 1. The topological polar surface area (TPSA) is 52.3 Å². The highest BCUT2D eigenvalue weighted by Crippen LogP contribution is 2.12. The van der Waals surface area contributed by atoms with Gasteiger partial charge in [-0.3, -0.25) is 4.79 Å². The van der Waals surface area contributed by atoms with Crippen LogP contribution in [0.1, 0.15) is 5.56 Å². The molecule has 0 radical (unpaired) electrons. The second kappa shape index (κ2) is 4.84. The van der Waals surface area contributed by atoms with E-state index in [4.69, 9.17) is 5.73 Å². The highest BCUT2D eigenvalue weighted by Gasteiger charge is 2.17. The normalized spacial score (nSPS) is 12.3. The maximum atomic E-state index is 13.1. The third kappa shape index (κ3) is 2.73. The van der Waals surface area contributed by atoms with Crippen molar-refractivity contribution in [3.05, 3.63) is 35.4 Å². The van der Waals surface area contributed by atoms with E-state index in [9.17, 15) is 13.6 Å². The third-order valence-electron chi connectivity index (χ3n) is 1.98. The second-order valence-corrected chi connectivity index (χ2v) is 3.05. The molecule has 0 saturated heterocycles. The van der Waals surface area contributed by atoms with E-state index in [1.54, 1.807) is 0 Å². The van der Waals surface area contributed by atoms with Crippen LogP contribution in [0.15, 0.2) is 18.2 Å². The summed E-state index contributed by atoms with van der Waals surface area (Å²) in [7, 11) is 1.18. The Morgan fingerprint density at radius 3 is 2.80 bits per heavy atom. The number of halogens is 2. The number of hydrogen-bond acceptors (Lipinski definition) is 3. The van der Waals surface area contributed by atoms with Crippen molar-refractivity contribution in [3.8, 4) is 0 Å². The average molecular weight is 215 g/mol. The van der Waals surface area contributed by atoms with Gasteiger partial charge in [-0.15, -0.1) is 0 Å². The van der Waals surface area contributed by atoms with E-state index < -0.39 is 23.6 Å². The molecule has 3 nitrogen and oxygen atoms in total. The van der Waals surface area contributed by atoms with E-state index in [2.05, 4.69) is 4.74 Å². The van der Waals surface area contributed by atoms with Crippen LogP contribution in [0, 0.1) is 11.6 Å². The molecule has 0 fully saturated rings. The number of esters is 1. The molecule has 0 heterocycles. The summed E-state index contributed by atoms with van der Waals surface area (Å²) in [6.07, 6.45) is -0.0870. The van der Waals surface area contributed by atoms with Crippen LogP contribution in [0.5, 0.6) is 0 Å². The van der Waals surface area contributed by atoms with Crippen LogP contribution in [0.25, 0.3) is 0 Å². The first kappa shape index (κ1) is 11.6. The fraction of sp³-hybridized carbons (Fsp3) is 0.300. The van der Waals surface area contributed by atoms with Gasteiger partial charge in [0, 0.05) is 6.42 Å². The number of ether oxygens (including phenoxy) is 1. The van der Waals surface area contributed by atoms with E-state index in [0.29, 0.717) is 0 Å². The molecule has 0 aromatic heterocycles. The summed E-state index contributed by atoms with van der Waals surface area (Å²) in [5.41, 5.74) is 5.48. The van der Waals surface area contributed by atoms with Gasteiger partial charge in [0.25, 0.3) is 0 Å². The molecular weight excluding hydrogens is 204 g/mol. The van der Waals surface area contributed by atoms with Gasteiger partial charge < -0.3 is 10.5 Å². The monoisotopic (exact) mass is 215 g/mol. The van der Waals surface area contributed by atoms with E-state index in [1.807, 2.05) is 0 Å². The summed E-state index contributed by atoms with van der Waals surface area (Å²) in [5, 5.41) is 0. The number of benzene rings is 1. The molecule has 0 aliphatic rings. The van der Waals surface area contributed by atoms with Crippen LogP contribution >= 0.6 is 0 Å². The molecule has 1 aromatic rings. The average Bonchev–Trinajstić information content (AvgIpc) is 2.23. The van der Waals surface area contributed by atoms with Gasteiger partial charge in [0.15, 0.2) is 11.6 Å². The lowest BCUT2D eigenvalue weighted by Crippen LogP contribution is -2.34. The van der Waals surface area contributed by atoms with Crippen LogP contribution in [0.3, 0.4) is 0 Å². The van der Waals surface area contributed by atoms with Gasteiger partial charge in [0.2, 0.25) is 0 Å². The van der Waals surface area contributed by atoms with Gasteiger partial charge in [-0.1, -0.05) is 12.1 Å². The number of rotatable bonds is 3. The van der Waals surface area contributed by atoms with Gasteiger partial charge in [-0.25, -0.2) is 8.78 Å². The van der Waals surface area contributed by atoms with E-state index in [1.165, 1.54) is 19.2 Å². The largest absolute Gasteiger partial charge is 0.468 e. The summed E-state index contributed by atoms with van der Waals surface area (Å²) in [6, 6.07) is 2.76. The zero-order valence-electron chi connectivity index (χ0n) is 8.17. The third-order valence-corrected chi connectivity index (χ3v) is 1.98. The van der Waals surface area contributed by atoms with Gasteiger partial charge in [0.1, 0.15) is 6.04 Å². The van der Waals surface area contributed by atoms with Crippen LogP contribution in [-0.2, 0) is 16.0 Å². The van der Waals surface area contributed by atoms with E-state index in [0.717, 1.165) is 6.07 Å². The number of nitrogens with two attached hydrogens (primary N) is 1. The highest BCUT2D eigenvalue weighted by atomic mass is 19.2. The lowest BCUT2D eigenvalue weighted by Gasteiger charge is -2.09. The molecule has 1 atom stereocenters. The quantitative estimate of drug-likeness (QED) is 0.765. The Morgan fingerprint density at radius 2 is 2.20 bits per heavy atom. The Balaban J connectivity index is 2.81. The molecule has 5 heteroatoms. The maximum absolute atomic E-state index is 13.1. The molecule has 0 spiro atoms. The first-order chi connectivity index (χ1) is 7.06. The van der Waals surface area contributed by atoms with Crippen molar-refractivity contribution < 1.29 is 18.3 Å². The molecule has 0 bridgehead atoms. The van der Waals surface area contributed by atoms with Gasteiger partial charge in [-0.2, -0.15) is 0 Å². The van der Waals surface area contributed by atoms with Crippen molar-refractivity contribution in [3.63, 3.8) is 0 Å². The number of hydrogen-bond donors (Lipinski definition) is 1. The molecule has 1 aromatic carbocycles. The van der Waals surface area contributed by atoms with E-state index in [-0.39, 0.29) is 12.0 Å². The van der Waals surface area contributed by atoms with Gasteiger partial charge >= 0.3 is 5.97 Å². The molecule has 0 saturated carbocycles. The van der Waals surface area contributed by atoms with Crippen LogP contribution in [0.4, 0.5) is 8.78 Å². The summed E-state index contributed by atoms with van der Waals surface area (Å²) < 4.78 is 30.3. The second-order valence-electron chi connectivity index (χ2n) is 3.05. The predicted molar refractivity (Wildman–Crippen MR) is 50.1 cm³/mol. The molecule has 0 unspecified atom stereocenters. The first-order valence-corrected chi connectivity index (χ1v) is 4.32. The minimum absolute atomic E-state index is 0.0629. The number of methoxy groups -OCH3 is 1. The fourth-order valence-corrected chi connectivity index (χ4v) is 1.18. The Morgan fingerprint density at radius 1 is 1.53 bits per heavy atom. The summed E-state index contributed by atoms with van der Waals surface area (Å²) >= 11 is 0. The smallest absolute Gasteiger partial charge is 0.322 e. The molecule has 1 rings (SSSR count). The summed E-state index contributed by atoms with van der Waals surface area (Å²) in [4.78, 5) is 10.9. The lowest BCUT2D eigenvalue weighted by molar-refractivity contribution is -0.142. The molecule has 0 aliphatic carbocycles. The predicted octanol–water partition coefficient (Wildman–Crippen LogP) is 1.01. The maximum Gasteiger partial charge on any atom is 0.322 e. The standard InChI is InChI=1S/C10H11F2NO2/c1-15-10(14)8(13)5-6-3-2-4-7(11)9(6)12/h2-4,8H,5,13H2,1H3/t8-/m0/s1. The SMILES string of the molecule is COC(=O)[C@@H](N)Cc1cccc(F)c1F. The Kier molecular flexibility index (Phi) is 3.74. The Hall–Kier alpha value is -1.49. The van der Waals surface area contributed by atoms with Crippen molar-refractivity contribution in [1.29, 1.82) is 0 Å². The minimum atomic E-state index is -0.980. The molecule has 0 amide bonds. The minimum Gasteiger partial charge on any atom is -0.468 e. The summed E-state index contributed by atoms with van der Waals surface area (Å²) in [5.74, 6) is -2.58. The molecule has 82 valence electrons. The van der Waals surface area contributed by atoms with E-state index >= 15 is 0 Å². The lowest BCUT2D eigenvalue weighted by atomic mass is 10.1. The van der Waals surface area contributed by atoms with Crippen molar-refractivity contribution in [2.45, 2.75) is 12.5 Å². The van der Waals surface area contributed by atoms with Crippen LogP contribution in [0.2, 0.25) is 0 Å². The Bertz CT molecular complexity index is 368. The molecular formula is C10H11F2NO2. The van der Waals surface area contributed by atoms with Crippen molar-refractivity contribution in [2.75, 3.05) is 7.11 Å². The molecule has 2 N–H and O–H groups in total. The van der Waals surface area contributed by atoms with Crippen LogP contribution in [-0.4, -0.2) is 19.1 Å². The first-order valence-electron chi connectivity index (χ1n) is 4.32. The molecule has 15 heavy (non-hydrogen) atoms. The zero-order valence-corrected chi connectivity index (χ0v) is 8.17. The number of carbonyl (C=O) groups excluding carboxylic acids is 1. The van der Waals surface area contributed by atoms with Gasteiger partial charge in [0.05, 0.1) is 7.11 Å². The van der Waals surface area contributed by atoms with Crippen molar-refractivity contribution >= 4 is 5.97 Å². The highest BCUT2D eigenvalue weighted by molar-refractivity contribution is 5.75.